The van der Waals surface area contributed by atoms with Gasteiger partial charge in [-0.3, -0.25) is 4.79 Å². The average molecular weight is 425 g/mol. The fourth-order valence-electron chi connectivity index (χ4n) is 4.15. The number of anilines is 1. The first-order chi connectivity index (χ1) is 15.5. The summed E-state index contributed by atoms with van der Waals surface area (Å²) in [6.07, 6.45) is 0. The van der Waals surface area contributed by atoms with Crippen molar-refractivity contribution in [3.8, 4) is 11.1 Å². The summed E-state index contributed by atoms with van der Waals surface area (Å²) in [4.78, 5) is 39.9. The van der Waals surface area contributed by atoms with Crippen molar-refractivity contribution in [1.29, 1.82) is 0 Å². The molecule has 1 aromatic heterocycles. The number of ether oxygens (including phenoxy) is 1. The molecule has 5 rings (SSSR count). The minimum atomic E-state index is -0.622. The van der Waals surface area contributed by atoms with Gasteiger partial charge in [-0.2, -0.15) is 0 Å². The topological polar surface area (TPSA) is 100 Å². The molecule has 0 aliphatic heterocycles. The molecule has 1 aliphatic carbocycles. The highest BCUT2D eigenvalue weighted by Gasteiger charge is 2.29. The van der Waals surface area contributed by atoms with Crippen molar-refractivity contribution < 1.29 is 14.3 Å². The van der Waals surface area contributed by atoms with Crippen LogP contribution in [0.5, 0.6) is 0 Å². The second-order valence-corrected chi connectivity index (χ2v) is 7.51. The average Bonchev–Trinajstić information content (AvgIpc) is 3.12. The number of rotatable bonds is 3. The summed E-state index contributed by atoms with van der Waals surface area (Å²) in [5, 5.41) is 6.19. The summed E-state index contributed by atoms with van der Waals surface area (Å²) in [6.45, 7) is 0. The smallest absolute Gasteiger partial charge is 0.354 e. The number of H-pyrrole nitrogens is 1. The summed E-state index contributed by atoms with van der Waals surface area (Å²) in [7, 11) is 1.25. The van der Waals surface area contributed by atoms with Crippen LogP contribution in [0.25, 0.3) is 22.0 Å². The lowest BCUT2D eigenvalue weighted by atomic mass is 10.1. The van der Waals surface area contributed by atoms with Crippen LogP contribution in [0.4, 0.5) is 10.5 Å². The summed E-state index contributed by atoms with van der Waals surface area (Å²) in [5.74, 6) is -0.622. The maximum atomic E-state index is 12.8. The molecule has 0 bridgehead atoms. The van der Waals surface area contributed by atoms with E-state index in [2.05, 4.69) is 20.4 Å². The van der Waals surface area contributed by atoms with Crippen molar-refractivity contribution in [2.45, 2.75) is 6.04 Å². The fourth-order valence-corrected chi connectivity index (χ4v) is 4.15. The number of benzene rings is 3. The van der Waals surface area contributed by atoms with Gasteiger partial charge < -0.3 is 20.4 Å². The van der Waals surface area contributed by atoms with Crippen LogP contribution in [0, 0.1) is 0 Å². The van der Waals surface area contributed by atoms with E-state index >= 15 is 0 Å². The van der Waals surface area contributed by atoms with Gasteiger partial charge >= 0.3 is 12.0 Å². The SMILES string of the molecule is COC(=O)c1cc(=O)c2cc(NC(=O)NC3c4ccccc4-c4ccccc43)ccc2[nH]1. The van der Waals surface area contributed by atoms with Crippen LogP contribution in [0.3, 0.4) is 0 Å². The Kier molecular flexibility index (Phi) is 4.71. The van der Waals surface area contributed by atoms with E-state index in [1.165, 1.54) is 13.2 Å². The molecule has 0 unspecified atom stereocenters. The molecule has 0 saturated carbocycles. The van der Waals surface area contributed by atoms with Gasteiger partial charge in [0.1, 0.15) is 5.69 Å². The third-order valence-corrected chi connectivity index (χ3v) is 5.60. The molecule has 0 atom stereocenters. The van der Waals surface area contributed by atoms with Gasteiger partial charge in [0.05, 0.1) is 18.7 Å². The first kappa shape index (κ1) is 19.6. The number of hydrogen-bond acceptors (Lipinski definition) is 4. The van der Waals surface area contributed by atoms with Crippen LogP contribution in [0.1, 0.15) is 27.7 Å². The predicted octanol–water partition coefficient (Wildman–Crippen LogP) is 4.21. The number of carbonyl (C=O) groups is 2. The lowest BCUT2D eigenvalue weighted by Crippen LogP contribution is -2.32. The second kappa shape index (κ2) is 7.70. The third kappa shape index (κ3) is 3.30. The van der Waals surface area contributed by atoms with Crippen molar-refractivity contribution >= 4 is 28.6 Å². The Balaban J connectivity index is 1.40. The largest absolute Gasteiger partial charge is 0.464 e. The number of aromatic amines is 1. The Labute approximate surface area is 183 Å². The summed E-state index contributed by atoms with van der Waals surface area (Å²) >= 11 is 0. The normalized spacial score (nSPS) is 12.2. The minimum Gasteiger partial charge on any atom is -0.464 e. The van der Waals surface area contributed by atoms with E-state index in [0.717, 1.165) is 22.3 Å². The molecule has 2 amide bonds. The number of pyridine rings is 1. The van der Waals surface area contributed by atoms with E-state index in [1.54, 1.807) is 18.2 Å². The molecule has 3 N–H and O–H groups in total. The summed E-state index contributed by atoms with van der Waals surface area (Å²) in [5.41, 5.74) is 4.94. The Morgan fingerprint density at radius 1 is 0.906 bits per heavy atom. The molecule has 1 aliphatic rings. The number of amides is 2. The van der Waals surface area contributed by atoms with Gasteiger partial charge in [-0.15, -0.1) is 0 Å². The Bertz CT molecular complexity index is 1400. The number of methoxy groups -OCH3 is 1. The van der Waals surface area contributed by atoms with Gasteiger partial charge in [0.2, 0.25) is 0 Å². The Morgan fingerprint density at radius 2 is 1.56 bits per heavy atom. The Hall–Kier alpha value is -4.39. The zero-order chi connectivity index (χ0) is 22.2. The number of carbonyl (C=O) groups excluding carboxylic acids is 2. The van der Waals surface area contributed by atoms with Crippen molar-refractivity contribution in [3.63, 3.8) is 0 Å². The van der Waals surface area contributed by atoms with Crippen LogP contribution in [0.2, 0.25) is 0 Å². The predicted molar refractivity (Wildman–Crippen MR) is 122 cm³/mol. The van der Waals surface area contributed by atoms with Gasteiger partial charge in [-0.05, 0) is 40.5 Å². The minimum absolute atomic E-state index is 0.0713. The monoisotopic (exact) mass is 425 g/mol. The highest BCUT2D eigenvalue weighted by Crippen LogP contribution is 2.42. The number of esters is 1. The molecular formula is C25H19N3O4. The molecule has 158 valence electrons. The lowest BCUT2D eigenvalue weighted by molar-refractivity contribution is 0.0594. The maximum Gasteiger partial charge on any atom is 0.354 e. The molecule has 0 spiro atoms. The van der Waals surface area contributed by atoms with Crippen LogP contribution in [-0.4, -0.2) is 24.1 Å². The molecule has 7 heteroatoms. The van der Waals surface area contributed by atoms with E-state index in [4.69, 9.17) is 0 Å². The molecule has 1 heterocycles. The Morgan fingerprint density at radius 3 is 2.22 bits per heavy atom. The number of hydrogen-bond donors (Lipinski definition) is 3. The number of aromatic nitrogens is 1. The molecule has 7 nitrogen and oxygen atoms in total. The molecule has 3 aromatic carbocycles. The van der Waals surface area contributed by atoms with E-state index < -0.39 is 5.97 Å². The zero-order valence-corrected chi connectivity index (χ0v) is 17.1. The number of nitrogens with one attached hydrogen (secondary N) is 3. The molecule has 0 saturated heterocycles. The second-order valence-electron chi connectivity index (χ2n) is 7.51. The van der Waals surface area contributed by atoms with Crippen molar-refractivity contribution in [2.75, 3.05) is 12.4 Å². The third-order valence-electron chi connectivity index (χ3n) is 5.60. The quantitative estimate of drug-likeness (QED) is 0.428. The van der Waals surface area contributed by atoms with E-state index in [0.29, 0.717) is 16.6 Å². The number of urea groups is 1. The first-order valence-corrected chi connectivity index (χ1v) is 10.1. The maximum absolute atomic E-state index is 12.8. The fraction of sp³-hybridized carbons (Fsp3) is 0.0800. The highest BCUT2D eigenvalue weighted by molar-refractivity contribution is 5.95. The van der Waals surface area contributed by atoms with Gasteiger partial charge in [0.25, 0.3) is 0 Å². The van der Waals surface area contributed by atoms with Gasteiger partial charge in [0, 0.05) is 17.1 Å². The van der Waals surface area contributed by atoms with E-state index in [9.17, 15) is 14.4 Å². The zero-order valence-electron chi connectivity index (χ0n) is 17.1. The van der Waals surface area contributed by atoms with Crippen LogP contribution in [-0.2, 0) is 4.74 Å². The van der Waals surface area contributed by atoms with Crippen molar-refractivity contribution in [3.05, 3.63) is 99.8 Å². The highest BCUT2D eigenvalue weighted by atomic mass is 16.5. The van der Waals surface area contributed by atoms with Gasteiger partial charge in [-0.1, -0.05) is 48.5 Å². The molecule has 0 radical (unpaired) electrons. The van der Waals surface area contributed by atoms with Crippen LogP contribution < -0.4 is 16.1 Å². The van der Waals surface area contributed by atoms with E-state index in [-0.39, 0.29) is 23.2 Å². The molecule has 4 aromatic rings. The van der Waals surface area contributed by atoms with Gasteiger partial charge in [-0.25, -0.2) is 9.59 Å². The standard InChI is InChI=1S/C25H19N3O4/c1-32-24(30)21-13-22(29)19-12-14(10-11-20(19)27-21)26-25(31)28-23-17-8-4-2-6-15(17)16-7-3-5-9-18(16)23/h2-13,23H,1H3,(H,27,29)(H2,26,28,31). The number of fused-ring (bicyclic) bond motifs is 4. The van der Waals surface area contributed by atoms with E-state index in [1.807, 2.05) is 48.5 Å². The lowest BCUT2D eigenvalue weighted by Gasteiger charge is -2.16. The van der Waals surface area contributed by atoms with Gasteiger partial charge in [0.15, 0.2) is 5.43 Å². The molecule has 0 fully saturated rings. The first-order valence-electron chi connectivity index (χ1n) is 10.1. The van der Waals surface area contributed by atoms with Crippen molar-refractivity contribution in [1.82, 2.24) is 10.3 Å². The summed E-state index contributed by atoms with van der Waals surface area (Å²) < 4.78 is 4.66. The van der Waals surface area contributed by atoms with Crippen LogP contribution in [0.15, 0.2) is 77.6 Å². The van der Waals surface area contributed by atoms with Crippen LogP contribution >= 0.6 is 0 Å². The molecule has 32 heavy (non-hydrogen) atoms. The molecular weight excluding hydrogens is 406 g/mol. The summed E-state index contributed by atoms with van der Waals surface area (Å²) in [6, 6.07) is 21.4. The van der Waals surface area contributed by atoms with Crippen molar-refractivity contribution in [2.24, 2.45) is 0 Å².